The molecule has 0 aliphatic heterocycles. The SMILES string of the molecule is Cn1ncc2c1CCC[C@H]2NCc1ccc(OCc2cccnc2)cc1. The smallest absolute Gasteiger partial charge is 0.119 e. The molecule has 0 amide bonds. The molecule has 2 heterocycles. The number of benzene rings is 1. The lowest BCUT2D eigenvalue weighted by molar-refractivity contribution is 0.305. The number of hydrogen-bond acceptors (Lipinski definition) is 4. The maximum Gasteiger partial charge on any atom is 0.119 e. The first-order chi connectivity index (χ1) is 12.8. The summed E-state index contributed by atoms with van der Waals surface area (Å²) in [6.07, 6.45) is 9.13. The van der Waals surface area contributed by atoms with Gasteiger partial charge < -0.3 is 10.1 Å². The van der Waals surface area contributed by atoms with Crippen molar-refractivity contribution >= 4 is 0 Å². The summed E-state index contributed by atoms with van der Waals surface area (Å²) in [5.74, 6) is 0.879. The van der Waals surface area contributed by atoms with E-state index in [9.17, 15) is 0 Å². The third-order valence-electron chi connectivity index (χ3n) is 4.98. The Balaban J connectivity index is 1.32. The minimum Gasteiger partial charge on any atom is -0.489 e. The number of ether oxygens (including phenoxy) is 1. The van der Waals surface area contributed by atoms with E-state index in [1.54, 1.807) is 6.20 Å². The van der Waals surface area contributed by atoms with Gasteiger partial charge in [0.15, 0.2) is 0 Å². The van der Waals surface area contributed by atoms with Crippen molar-refractivity contribution in [2.45, 2.75) is 38.5 Å². The lowest BCUT2D eigenvalue weighted by atomic mass is 9.93. The van der Waals surface area contributed by atoms with E-state index in [1.807, 2.05) is 48.4 Å². The van der Waals surface area contributed by atoms with Crippen molar-refractivity contribution in [3.63, 3.8) is 0 Å². The Labute approximate surface area is 154 Å². The van der Waals surface area contributed by atoms with Crippen LogP contribution in [0.3, 0.4) is 0 Å². The minimum atomic E-state index is 0.397. The predicted octanol–water partition coefficient (Wildman–Crippen LogP) is 3.56. The quantitative estimate of drug-likeness (QED) is 0.740. The number of fused-ring (bicyclic) bond motifs is 1. The molecule has 0 radical (unpaired) electrons. The summed E-state index contributed by atoms with van der Waals surface area (Å²) in [7, 11) is 2.03. The van der Waals surface area contributed by atoms with E-state index in [-0.39, 0.29) is 0 Å². The maximum absolute atomic E-state index is 5.82. The normalized spacial score (nSPS) is 16.3. The van der Waals surface area contributed by atoms with Gasteiger partial charge in [0.05, 0.1) is 6.20 Å². The topological polar surface area (TPSA) is 52.0 Å². The van der Waals surface area contributed by atoms with E-state index in [0.29, 0.717) is 12.6 Å². The van der Waals surface area contributed by atoms with E-state index >= 15 is 0 Å². The third-order valence-corrected chi connectivity index (χ3v) is 4.98. The molecule has 0 saturated carbocycles. The van der Waals surface area contributed by atoms with E-state index in [4.69, 9.17) is 4.74 Å². The van der Waals surface area contributed by atoms with Crippen LogP contribution in [0.4, 0.5) is 0 Å². The van der Waals surface area contributed by atoms with Crippen molar-refractivity contribution in [2.75, 3.05) is 0 Å². The summed E-state index contributed by atoms with van der Waals surface area (Å²) in [5.41, 5.74) is 5.06. The second-order valence-corrected chi connectivity index (χ2v) is 6.79. The van der Waals surface area contributed by atoms with Crippen molar-refractivity contribution in [2.24, 2.45) is 7.05 Å². The summed E-state index contributed by atoms with van der Waals surface area (Å²) in [4.78, 5) is 4.10. The number of nitrogens with one attached hydrogen (secondary N) is 1. The summed E-state index contributed by atoms with van der Waals surface area (Å²) in [5, 5.41) is 8.10. The van der Waals surface area contributed by atoms with Crippen molar-refractivity contribution in [3.8, 4) is 5.75 Å². The van der Waals surface area contributed by atoms with Crippen LogP contribution < -0.4 is 10.1 Å². The summed E-state index contributed by atoms with van der Waals surface area (Å²) in [6, 6.07) is 12.6. The molecule has 1 N–H and O–H groups in total. The van der Waals surface area contributed by atoms with Gasteiger partial charge in [0.2, 0.25) is 0 Å². The minimum absolute atomic E-state index is 0.397. The van der Waals surface area contributed by atoms with Gasteiger partial charge in [-0.15, -0.1) is 0 Å². The molecule has 1 aliphatic carbocycles. The Hall–Kier alpha value is -2.66. The highest BCUT2D eigenvalue weighted by Crippen LogP contribution is 2.29. The van der Waals surface area contributed by atoms with Crippen LogP contribution in [-0.2, 0) is 26.6 Å². The fourth-order valence-corrected chi connectivity index (χ4v) is 3.51. The number of hydrogen-bond donors (Lipinski definition) is 1. The Morgan fingerprint density at radius 3 is 2.85 bits per heavy atom. The molecule has 134 valence electrons. The second-order valence-electron chi connectivity index (χ2n) is 6.79. The standard InChI is InChI=1S/C21H24N4O/c1-25-21-6-2-5-20(19(21)14-24-25)23-13-16-7-9-18(10-8-16)26-15-17-4-3-11-22-12-17/h3-4,7-12,14,20,23H,2,5-6,13,15H2,1H3/t20-/m1/s1. The zero-order valence-corrected chi connectivity index (χ0v) is 15.1. The van der Waals surface area contributed by atoms with Crippen molar-refractivity contribution in [3.05, 3.63) is 77.4 Å². The molecule has 1 aliphatic rings. The fraction of sp³-hybridized carbons (Fsp3) is 0.333. The van der Waals surface area contributed by atoms with Gasteiger partial charge in [-0.25, -0.2) is 0 Å². The van der Waals surface area contributed by atoms with Crippen molar-refractivity contribution in [1.29, 1.82) is 0 Å². The molecule has 5 heteroatoms. The summed E-state index contributed by atoms with van der Waals surface area (Å²) < 4.78 is 7.83. The number of rotatable bonds is 6. The lowest BCUT2D eigenvalue weighted by Crippen LogP contribution is -2.24. The van der Waals surface area contributed by atoms with Gasteiger partial charge in [0, 0.05) is 48.8 Å². The first kappa shape index (κ1) is 16.8. The highest BCUT2D eigenvalue weighted by atomic mass is 16.5. The average Bonchev–Trinajstić information content (AvgIpc) is 3.08. The van der Waals surface area contributed by atoms with Crippen LogP contribution in [0.5, 0.6) is 5.75 Å². The van der Waals surface area contributed by atoms with E-state index in [2.05, 4.69) is 27.5 Å². The molecule has 0 unspecified atom stereocenters. The molecule has 0 fully saturated rings. The summed E-state index contributed by atoms with van der Waals surface area (Å²) >= 11 is 0. The number of aromatic nitrogens is 3. The van der Waals surface area contributed by atoms with Gasteiger partial charge in [-0.3, -0.25) is 9.67 Å². The molecule has 4 rings (SSSR count). The van der Waals surface area contributed by atoms with Crippen LogP contribution in [0.15, 0.2) is 55.0 Å². The molecule has 5 nitrogen and oxygen atoms in total. The Kier molecular flexibility index (Phi) is 4.97. The largest absolute Gasteiger partial charge is 0.489 e. The molecule has 1 atom stereocenters. The van der Waals surface area contributed by atoms with Crippen LogP contribution in [0.25, 0.3) is 0 Å². The lowest BCUT2D eigenvalue weighted by Gasteiger charge is -2.24. The van der Waals surface area contributed by atoms with Crippen LogP contribution in [0.1, 0.15) is 41.3 Å². The third kappa shape index (κ3) is 3.78. The molecular weight excluding hydrogens is 324 g/mol. The van der Waals surface area contributed by atoms with Crippen molar-refractivity contribution in [1.82, 2.24) is 20.1 Å². The van der Waals surface area contributed by atoms with Gasteiger partial charge >= 0.3 is 0 Å². The predicted molar refractivity (Wildman–Crippen MR) is 101 cm³/mol. The first-order valence-corrected chi connectivity index (χ1v) is 9.14. The van der Waals surface area contributed by atoms with E-state index < -0.39 is 0 Å². The Bertz CT molecular complexity index is 842. The van der Waals surface area contributed by atoms with Gasteiger partial charge in [-0.2, -0.15) is 5.10 Å². The van der Waals surface area contributed by atoms with E-state index in [1.165, 1.54) is 29.7 Å². The Morgan fingerprint density at radius 1 is 1.15 bits per heavy atom. The first-order valence-electron chi connectivity index (χ1n) is 9.14. The zero-order chi connectivity index (χ0) is 17.8. The highest BCUT2D eigenvalue weighted by Gasteiger charge is 2.22. The summed E-state index contributed by atoms with van der Waals surface area (Å²) in [6.45, 7) is 1.39. The molecule has 3 aromatic rings. The van der Waals surface area contributed by atoms with Gasteiger partial charge in [-0.1, -0.05) is 18.2 Å². The molecule has 0 bridgehead atoms. The van der Waals surface area contributed by atoms with Crippen LogP contribution >= 0.6 is 0 Å². The molecule has 26 heavy (non-hydrogen) atoms. The number of pyridine rings is 1. The van der Waals surface area contributed by atoms with Gasteiger partial charge in [-0.05, 0) is 43.0 Å². The highest BCUT2D eigenvalue weighted by molar-refractivity contribution is 5.29. The van der Waals surface area contributed by atoms with Gasteiger partial charge in [0.25, 0.3) is 0 Å². The Morgan fingerprint density at radius 2 is 2.04 bits per heavy atom. The monoisotopic (exact) mass is 348 g/mol. The van der Waals surface area contributed by atoms with Crippen molar-refractivity contribution < 1.29 is 4.74 Å². The molecule has 1 aromatic carbocycles. The second kappa shape index (κ2) is 7.70. The molecule has 2 aromatic heterocycles. The van der Waals surface area contributed by atoms with Crippen LogP contribution in [-0.4, -0.2) is 14.8 Å². The zero-order valence-electron chi connectivity index (χ0n) is 15.1. The van der Waals surface area contributed by atoms with Crippen LogP contribution in [0.2, 0.25) is 0 Å². The average molecular weight is 348 g/mol. The number of aryl methyl sites for hydroxylation is 1. The maximum atomic E-state index is 5.82. The van der Waals surface area contributed by atoms with Crippen LogP contribution in [0, 0.1) is 0 Å². The number of nitrogens with zero attached hydrogens (tertiary/aromatic N) is 3. The fourth-order valence-electron chi connectivity index (χ4n) is 3.51. The van der Waals surface area contributed by atoms with Gasteiger partial charge in [0.1, 0.15) is 12.4 Å². The van der Waals surface area contributed by atoms with E-state index in [0.717, 1.165) is 24.3 Å². The molecule has 0 saturated heterocycles. The molecule has 0 spiro atoms. The molecular formula is C21H24N4O.